The molecule has 0 aliphatic heterocycles. The molecule has 0 unspecified atom stereocenters. The van der Waals surface area contributed by atoms with Gasteiger partial charge < -0.3 is 5.32 Å². The molecule has 11 heteroatoms. The standard InChI is InChI=1S/C17H10BrCl2N3O3S2/c18-10-3-1-9(2-4-10)6-22-16(24)14-5-13(23(25)26)17(27-14)28-15-11(19)7-21-8-12(15)20/h1-5,7-8H,6H2,(H,22,24). The van der Waals surface area contributed by atoms with Crippen LogP contribution in [0.5, 0.6) is 0 Å². The SMILES string of the molecule is O=C(NCc1ccc(Br)cc1)c1cc([N+](=O)[O-])c(Sc2c(Cl)cncc2Cl)s1. The van der Waals surface area contributed by atoms with Crippen LogP contribution in [-0.4, -0.2) is 15.8 Å². The fraction of sp³-hybridized carbons (Fsp3) is 0.0588. The molecule has 2 heterocycles. The van der Waals surface area contributed by atoms with Gasteiger partial charge in [-0.2, -0.15) is 0 Å². The lowest BCUT2D eigenvalue weighted by molar-refractivity contribution is -0.387. The van der Waals surface area contributed by atoms with Gasteiger partial charge in [-0.3, -0.25) is 19.9 Å². The molecule has 3 rings (SSSR count). The molecule has 28 heavy (non-hydrogen) atoms. The number of aromatic nitrogens is 1. The molecule has 2 aromatic heterocycles. The normalized spacial score (nSPS) is 10.7. The second kappa shape index (κ2) is 9.23. The molecular weight excluding hydrogens is 509 g/mol. The summed E-state index contributed by atoms with van der Waals surface area (Å²) in [7, 11) is 0. The highest BCUT2D eigenvalue weighted by molar-refractivity contribution is 9.10. The van der Waals surface area contributed by atoms with E-state index in [4.69, 9.17) is 23.2 Å². The van der Waals surface area contributed by atoms with Crippen LogP contribution in [0.4, 0.5) is 5.69 Å². The second-order valence-corrected chi connectivity index (χ2v) is 9.45. The van der Waals surface area contributed by atoms with Gasteiger partial charge in [-0.25, -0.2) is 0 Å². The molecule has 0 radical (unpaired) electrons. The van der Waals surface area contributed by atoms with E-state index in [-0.39, 0.29) is 20.6 Å². The molecular formula is C17H10BrCl2N3O3S2. The van der Waals surface area contributed by atoms with E-state index >= 15 is 0 Å². The van der Waals surface area contributed by atoms with E-state index in [1.165, 1.54) is 18.5 Å². The quantitative estimate of drug-likeness (QED) is 0.310. The Morgan fingerprint density at radius 3 is 2.50 bits per heavy atom. The Kier molecular flexibility index (Phi) is 6.95. The first-order valence-electron chi connectivity index (χ1n) is 7.63. The van der Waals surface area contributed by atoms with E-state index < -0.39 is 10.8 Å². The summed E-state index contributed by atoms with van der Waals surface area (Å²) in [6, 6.07) is 8.74. The van der Waals surface area contributed by atoms with E-state index in [1.807, 2.05) is 24.3 Å². The van der Waals surface area contributed by atoms with Crippen molar-refractivity contribution in [3.8, 4) is 0 Å². The number of hydrogen-bond donors (Lipinski definition) is 1. The van der Waals surface area contributed by atoms with Crippen LogP contribution in [0.3, 0.4) is 0 Å². The first-order valence-corrected chi connectivity index (χ1v) is 10.8. The minimum absolute atomic E-state index is 0.173. The van der Waals surface area contributed by atoms with Crippen molar-refractivity contribution in [2.45, 2.75) is 15.6 Å². The molecule has 0 saturated carbocycles. The highest BCUT2D eigenvalue weighted by Gasteiger charge is 2.24. The largest absolute Gasteiger partial charge is 0.347 e. The van der Waals surface area contributed by atoms with Crippen LogP contribution in [0, 0.1) is 10.1 Å². The minimum atomic E-state index is -0.534. The summed E-state index contributed by atoms with van der Waals surface area (Å²) in [5, 5.41) is 14.7. The highest BCUT2D eigenvalue weighted by Crippen LogP contribution is 2.45. The van der Waals surface area contributed by atoms with Gasteiger partial charge in [-0.1, -0.05) is 63.0 Å². The summed E-state index contributed by atoms with van der Waals surface area (Å²) in [5.74, 6) is -0.394. The van der Waals surface area contributed by atoms with Crippen LogP contribution in [0.1, 0.15) is 15.2 Å². The third-order valence-corrected chi connectivity index (χ3v) is 7.25. The summed E-state index contributed by atoms with van der Waals surface area (Å²) >= 11 is 17.6. The summed E-state index contributed by atoms with van der Waals surface area (Å²) in [6.45, 7) is 0.308. The zero-order chi connectivity index (χ0) is 20.3. The zero-order valence-electron chi connectivity index (χ0n) is 13.8. The molecule has 0 bridgehead atoms. The van der Waals surface area contributed by atoms with Gasteiger partial charge in [-0.05, 0) is 17.7 Å². The lowest BCUT2D eigenvalue weighted by Crippen LogP contribution is -2.21. The second-order valence-electron chi connectivity index (χ2n) is 5.38. The molecule has 0 aliphatic carbocycles. The van der Waals surface area contributed by atoms with Gasteiger partial charge >= 0.3 is 0 Å². The number of halogens is 3. The number of hydrogen-bond acceptors (Lipinski definition) is 6. The van der Waals surface area contributed by atoms with Gasteiger partial charge in [0, 0.05) is 29.5 Å². The Bertz CT molecular complexity index is 1020. The molecule has 3 aromatic rings. The highest BCUT2D eigenvalue weighted by atomic mass is 79.9. The molecule has 1 N–H and O–H groups in total. The summed E-state index contributed by atoms with van der Waals surface area (Å²) in [5.41, 5.74) is 0.736. The summed E-state index contributed by atoms with van der Waals surface area (Å²) < 4.78 is 1.25. The van der Waals surface area contributed by atoms with Crippen molar-refractivity contribution in [3.05, 3.63) is 77.8 Å². The van der Waals surface area contributed by atoms with E-state index in [1.54, 1.807) is 0 Å². The summed E-state index contributed by atoms with van der Waals surface area (Å²) in [4.78, 5) is 27.9. The predicted octanol–water partition coefficient (Wildman–Crippen LogP) is 6.20. The van der Waals surface area contributed by atoms with Crippen molar-refractivity contribution in [1.29, 1.82) is 0 Å². The van der Waals surface area contributed by atoms with Crippen molar-refractivity contribution in [3.63, 3.8) is 0 Å². The average molecular weight is 519 g/mol. The number of nitrogens with zero attached hydrogens (tertiary/aromatic N) is 2. The van der Waals surface area contributed by atoms with Crippen molar-refractivity contribution >= 4 is 73.8 Å². The molecule has 1 amide bonds. The van der Waals surface area contributed by atoms with Crippen molar-refractivity contribution < 1.29 is 9.72 Å². The Morgan fingerprint density at radius 2 is 1.89 bits per heavy atom. The number of nitro groups is 1. The first-order chi connectivity index (χ1) is 13.3. The molecule has 0 fully saturated rings. The molecule has 0 aliphatic rings. The van der Waals surface area contributed by atoms with E-state index in [2.05, 4.69) is 26.2 Å². The van der Waals surface area contributed by atoms with E-state index in [0.29, 0.717) is 15.6 Å². The number of rotatable bonds is 6. The maximum Gasteiger partial charge on any atom is 0.294 e. The van der Waals surface area contributed by atoms with Crippen LogP contribution in [-0.2, 0) is 6.54 Å². The van der Waals surface area contributed by atoms with Crippen LogP contribution in [0.15, 0.2) is 56.3 Å². The zero-order valence-corrected chi connectivity index (χ0v) is 18.5. The fourth-order valence-electron chi connectivity index (χ4n) is 2.14. The van der Waals surface area contributed by atoms with Gasteiger partial charge in [-0.15, -0.1) is 11.3 Å². The van der Waals surface area contributed by atoms with Crippen LogP contribution < -0.4 is 5.32 Å². The van der Waals surface area contributed by atoms with Gasteiger partial charge in [0.2, 0.25) is 0 Å². The lowest BCUT2D eigenvalue weighted by atomic mass is 10.2. The Balaban J connectivity index is 1.80. The maximum absolute atomic E-state index is 12.5. The number of carbonyl (C=O) groups excluding carboxylic acids is 1. The fourth-order valence-corrected chi connectivity index (χ4v) is 5.18. The molecule has 6 nitrogen and oxygen atoms in total. The average Bonchev–Trinajstić information content (AvgIpc) is 3.08. The third-order valence-electron chi connectivity index (χ3n) is 3.47. The predicted molar refractivity (Wildman–Crippen MR) is 115 cm³/mol. The molecule has 0 atom stereocenters. The molecule has 1 aromatic carbocycles. The monoisotopic (exact) mass is 517 g/mol. The smallest absolute Gasteiger partial charge is 0.294 e. The van der Waals surface area contributed by atoms with Crippen molar-refractivity contribution in [2.24, 2.45) is 0 Å². The van der Waals surface area contributed by atoms with Crippen molar-refractivity contribution in [1.82, 2.24) is 10.3 Å². The third kappa shape index (κ3) is 5.03. The molecule has 0 saturated heterocycles. The van der Waals surface area contributed by atoms with Crippen molar-refractivity contribution in [2.75, 3.05) is 0 Å². The first kappa shape index (κ1) is 21.1. The topological polar surface area (TPSA) is 85.1 Å². The van der Waals surface area contributed by atoms with Gasteiger partial charge in [0.25, 0.3) is 11.6 Å². The number of nitrogens with one attached hydrogen (secondary N) is 1. The lowest BCUT2D eigenvalue weighted by Gasteiger charge is -2.04. The molecule has 0 spiro atoms. The van der Waals surface area contributed by atoms with Crippen LogP contribution in [0.2, 0.25) is 10.0 Å². The van der Waals surface area contributed by atoms with Gasteiger partial charge in [0.15, 0.2) is 0 Å². The Morgan fingerprint density at radius 1 is 1.25 bits per heavy atom. The van der Waals surface area contributed by atoms with E-state index in [9.17, 15) is 14.9 Å². The number of carbonyl (C=O) groups is 1. The number of benzene rings is 1. The number of amides is 1. The van der Waals surface area contributed by atoms with Gasteiger partial charge in [0.1, 0.15) is 9.09 Å². The summed E-state index contributed by atoms with van der Waals surface area (Å²) in [6.07, 6.45) is 2.81. The number of pyridine rings is 1. The van der Waals surface area contributed by atoms with Crippen LogP contribution >= 0.6 is 62.2 Å². The van der Waals surface area contributed by atoms with E-state index in [0.717, 1.165) is 33.1 Å². The Hall–Kier alpha value is -1.65. The Labute approximate surface area is 186 Å². The number of thiophene rings is 1. The van der Waals surface area contributed by atoms with Gasteiger partial charge in [0.05, 0.1) is 19.9 Å². The molecule has 144 valence electrons. The van der Waals surface area contributed by atoms with Crippen LogP contribution in [0.25, 0.3) is 0 Å². The maximum atomic E-state index is 12.5. The minimum Gasteiger partial charge on any atom is -0.347 e.